The lowest BCUT2D eigenvalue weighted by atomic mass is 10.0. The molecule has 0 radical (unpaired) electrons. The molecule has 0 saturated carbocycles. The summed E-state index contributed by atoms with van der Waals surface area (Å²) in [5.41, 5.74) is -0.312. The molecule has 0 unspecified atom stereocenters. The van der Waals surface area contributed by atoms with E-state index in [4.69, 9.17) is 9.84 Å². The van der Waals surface area contributed by atoms with Crippen LogP contribution < -0.4 is 5.32 Å². The topological polar surface area (TPSA) is 92.7 Å². The summed E-state index contributed by atoms with van der Waals surface area (Å²) >= 11 is 0. The van der Waals surface area contributed by atoms with Gasteiger partial charge in [-0.1, -0.05) is 0 Å². The van der Waals surface area contributed by atoms with Crippen LogP contribution in [-0.4, -0.2) is 42.3 Å². The average Bonchev–Trinajstić information content (AvgIpc) is 2.31. The van der Waals surface area contributed by atoms with E-state index < -0.39 is 17.5 Å². The van der Waals surface area contributed by atoms with Crippen molar-refractivity contribution >= 4 is 17.5 Å². The predicted molar refractivity (Wildman–Crippen MR) is 57.9 cm³/mol. The first-order valence-electron chi connectivity index (χ1n) is 5.14. The monoisotopic (exact) mass is 239 g/mol. The van der Waals surface area contributed by atoms with Gasteiger partial charge in [0.1, 0.15) is 5.57 Å². The largest absolute Gasteiger partial charge is 0.489 e. The predicted octanol–water partition coefficient (Wildman–Crippen LogP) is -0.907. The standard InChI is InChI=1S/C11H13NO5/c1-2-17-10-8(15)4-3-7(14)9(10)11(16)12-5-6-13/h3-4,13H,2,5-6H2,1H3,(H,12,16). The molecular formula is C11H13NO5. The maximum absolute atomic E-state index is 11.6. The van der Waals surface area contributed by atoms with E-state index in [1.165, 1.54) is 0 Å². The summed E-state index contributed by atoms with van der Waals surface area (Å²) in [5.74, 6) is -2.05. The molecule has 0 bridgehead atoms. The van der Waals surface area contributed by atoms with E-state index in [9.17, 15) is 14.4 Å². The van der Waals surface area contributed by atoms with Crippen LogP contribution in [0.4, 0.5) is 0 Å². The van der Waals surface area contributed by atoms with Crippen molar-refractivity contribution in [2.45, 2.75) is 6.92 Å². The first-order chi connectivity index (χ1) is 8.11. The van der Waals surface area contributed by atoms with Gasteiger partial charge in [0.15, 0.2) is 11.5 Å². The lowest BCUT2D eigenvalue weighted by Gasteiger charge is -2.14. The maximum atomic E-state index is 11.6. The van der Waals surface area contributed by atoms with Crippen molar-refractivity contribution < 1.29 is 24.2 Å². The second-order valence-corrected chi connectivity index (χ2v) is 3.18. The van der Waals surface area contributed by atoms with Crippen molar-refractivity contribution in [3.05, 3.63) is 23.5 Å². The van der Waals surface area contributed by atoms with Crippen LogP contribution in [0.25, 0.3) is 0 Å². The lowest BCUT2D eigenvalue weighted by Crippen LogP contribution is -2.33. The number of ether oxygens (including phenoxy) is 1. The fraction of sp³-hybridized carbons (Fsp3) is 0.364. The molecule has 92 valence electrons. The van der Waals surface area contributed by atoms with Crippen molar-refractivity contribution in [1.82, 2.24) is 5.32 Å². The highest BCUT2D eigenvalue weighted by molar-refractivity contribution is 6.31. The quantitative estimate of drug-likeness (QED) is 0.479. The summed E-state index contributed by atoms with van der Waals surface area (Å²) in [6, 6.07) is 0. The second-order valence-electron chi connectivity index (χ2n) is 3.18. The van der Waals surface area contributed by atoms with Gasteiger partial charge in [-0.2, -0.15) is 0 Å². The lowest BCUT2D eigenvalue weighted by molar-refractivity contribution is -0.124. The number of hydrogen-bond acceptors (Lipinski definition) is 5. The Morgan fingerprint density at radius 2 is 2.00 bits per heavy atom. The molecule has 0 spiro atoms. The van der Waals surface area contributed by atoms with Crippen LogP contribution in [0.5, 0.6) is 0 Å². The maximum Gasteiger partial charge on any atom is 0.259 e. The number of nitrogens with one attached hydrogen (secondary N) is 1. The molecule has 1 aliphatic rings. The number of carbonyl (C=O) groups excluding carboxylic acids is 3. The van der Waals surface area contributed by atoms with E-state index in [0.717, 1.165) is 12.2 Å². The number of aliphatic hydroxyl groups excluding tert-OH is 1. The summed E-state index contributed by atoms with van der Waals surface area (Å²) in [6.07, 6.45) is 2.09. The average molecular weight is 239 g/mol. The van der Waals surface area contributed by atoms with Gasteiger partial charge in [-0.05, 0) is 19.1 Å². The van der Waals surface area contributed by atoms with Crippen LogP contribution in [0.1, 0.15) is 6.92 Å². The smallest absolute Gasteiger partial charge is 0.259 e. The van der Waals surface area contributed by atoms with E-state index in [-0.39, 0.29) is 31.1 Å². The molecule has 2 N–H and O–H groups in total. The number of aliphatic hydroxyl groups is 1. The van der Waals surface area contributed by atoms with Crippen LogP contribution in [-0.2, 0) is 19.1 Å². The van der Waals surface area contributed by atoms with Gasteiger partial charge in [-0.25, -0.2) is 0 Å². The summed E-state index contributed by atoms with van der Waals surface area (Å²) in [5, 5.41) is 10.9. The molecule has 0 aromatic rings. The molecule has 1 amide bonds. The highest BCUT2D eigenvalue weighted by Gasteiger charge is 2.29. The first-order valence-corrected chi connectivity index (χ1v) is 5.14. The molecule has 6 nitrogen and oxygen atoms in total. The Hall–Kier alpha value is -1.95. The Kier molecular flexibility index (Phi) is 4.59. The van der Waals surface area contributed by atoms with Crippen molar-refractivity contribution in [2.24, 2.45) is 0 Å². The third-order valence-electron chi connectivity index (χ3n) is 2.00. The zero-order valence-electron chi connectivity index (χ0n) is 9.36. The first kappa shape index (κ1) is 13.1. The zero-order chi connectivity index (χ0) is 12.8. The Bertz CT molecular complexity index is 408. The van der Waals surface area contributed by atoms with Crippen LogP contribution >= 0.6 is 0 Å². The number of ketones is 2. The zero-order valence-corrected chi connectivity index (χ0v) is 9.36. The highest BCUT2D eigenvalue weighted by atomic mass is 16.5. The van der Waals surface area contributed by atoms with Crippen LogP contribution in [0.2, 0.25) is 0 Å². The molecule has 0 heterocycles. The Balaban J connectivity index is 3.01. The van der Waals surface area contributed by atoms with Gasteiger partial charge in [-0.3, -0.25) is 14.4 Å². The third kappa shape index (κ3) is 3.01. The second kappa shape index (κ2) is 5.95. The van der Waals surface area contributed by atoms with Gasteiger partial charge >= 0.3 is 0 Å². The van der Waals surface area contributed by atoms with Crippen LogP contribution in [0.3, 0.4) is 0 Å². The van der Waals surface area contributed by atoms with Crippen molar-refractivity contribution in [3.8, 4) is 0 Å². The Morgan fingerprint density at radius 3 is 2.59 bits per heavy atom. The van der Waals surface area contributed by atoms with Gasteiger partial charge in [-0.15, -0.1) is 0 Å². The minimum absolute atomic E-state index is 0.00687. The van der Waals surface area contributed by atoms with Crippen LogP contribution in [0, 0.1) is 0 Å². The fourth-order valence-corrected chi connectivity index (χ4v) is 1.31. The summed E-state index contributed by atoms with van der Waals surface area (Å²) in [4.78, 5) is 34.6. The van der Waals surface area contributed by atoms with Crippen LogP contribution in [0.15, 0.2) is 23.5 Å². The number of carbonyl (C=O) groups is 3. The van der Waals surface area contributed by atoms with Gasteiger partial charge < -0.3 is 15.2 Å². The van der Waals surface area contributed by atoms with Crippen molar-refractivity contribution in [1.29, 1.82) is 0 Å². The number of hydrogen-bond donors (Lipinski definition) is 2. The number of allylic oxidation sites excluding steroid dienone is 2. The number of amides is 1. The molecule has 0 saturated heterocycles. The van der Waals surface area contributed by atoms with E-state index in [2.05, 4.69) is 5.32 Å². The Morgan fingerprint density at radius 1 is 1.35 bits per heavy atom. The molecule has 0 fully saturated rings. The molecule has 1 rings (SSSR count). The molecule has 0 aromatic heterocycles. The normalized spacial score (nSPS) is 15.2. The minimum Gasteiger partial charge on any atom is -0.489 e. The van der Waals surface area contributed by atoms with Gasteiger partial charge in [0.2, 0.25) is 5.78 Å². The van der Waals surface area contributed by atoms with E-state index in [1.54, 1.807) is 6.92 Å². The summed E-state index contributed by atoms with van der Waals surface area (Å²) < 4.78 is 5.01. The van der Waals surface area contributed by atoms with Gasteiger partial charge in [0.25, 0.3) is 5.91 Å². The van der Waals surface area contributed by atoms with Gasteiger partial charge in [0.05, 0.1) is 13.2 Å². The summed E-state index contributed by atoms with van der Waals surface area (Å²) in [6.45, 7) is 1.58. The summed E-state index contributed by atoms with van der Waals surface area (Å²) in [7, 11) is 0. The molecule has 0 atom stereocenters. The highest BCUT2D eigenvalue weighted by Crippen LogP contribution is 2.15. The molecule has 0 aliphatic heterocycles. The fourth-order valence-electron chi connectivity index (χ4n) is 1.31. The SMILES string of the molecule is CCOC1=C(C(=O)NCCO)C(=O)C=CC1=O. The van der Waals surface area contributed by atoms with E-state index >= 15 is 0 Å². The third-order valence-corrected chi connectivity index (χ3v) is 2.00. The van der Waals surface area contributed by atoms with Gasteiger partial charge in [0, 0.05) is 6.54 Å². The van der Waals surface area contributed by atoms with E-state index in [1.807, 2.05) is 0 Å². The molecule has 0 aromatic carbocycles. The van der Waals surface area contributed by atoms with Crippen molar-refractivity contribution in [2.75, 3.05) is 19.8 Å². The minimum atomic E-state index is -0.717. The molecule has 6 heteroatoms. The molecular weight excluding hydrogens is 226 g/mol. The van der Waals surface area contributed by atoms with E-state index in [0.29, 0.717) is 0 Å². The Labute approximate surface area is 97.9 Å². The molecule has 17 heavy (non-hydrogen) atoms. The number of rotatable bonds is 5. The molecule has 1 aliphatic carbocycles. The van der Waals surface area contributed by atoms with Crippen molar-refractivity contribution in [3.63, 3.8) is 0 Å².